The van der Waals surface area contributed by atoms with Gasteiger partial charge < -0.3 is 19.0 Å². The molecule has 9 nitrogen and oxygen atoms in total. The number of benzene rings is 3. The van der Waals surface area contributed by atoms with Crippen LogP contribution in [0.15, 0.2) is 54.6 Å². The van der Waals surface area contributed by atoms with Crippen LogP contribution < -0.4 is 19.9 Å². The molecule has 0 spiro atoms. The molecule has 4 heterocycles. The molecular formula is C32H33ClFN4O5+. The molecule has 43 heavy (non-hydrogen) atoms. The molecule has 3 aromatic carbocycles. The van der Waals surface area contributed by atoms with E-state index in [9.17, 15) is 9.18 Å². The van der Waals surface area contributed by atoms with Gasteiger partial charge in [-0.15, -0.1) is 0 Å². The van der Waals surface area contributed by atoms with Crippen molar-refractivity contribution in [3.05, 3.63) is 88.0 Å². The number of ether oxygens (including phenoxy) is 3. The van der Waals surface area contributed by atoms with Gasteiger partial charge in [0.05, 0.1) is 17.2 Å². The lowest BCUT2D eigenvalue weighted by molar-refractivity contribution is -0.690. The largest absolute Gasteiger partial charge is 0.444 e. The molecule has 0 bridgehead atoms. The van der Waals surface area contributed by atoms with E-state index >= 15 is 0 Å². The lowest BCUT2D eigenvalue weighted by atomic mass is 9.88. The summed E-state index contributed by atoms with van der Waals surface area (Å²) >= 11 is 5.98. The minimum Gasteiger partial charge on any atom is -0.444 e. The van der Waals surface area contributed by atoms with Crippen molar-refractivity contribution in [3.8, 4) is 11.5 Å². The fourth-order valence-corrected chi connectivity index (χ4v) is 6.60. The van der Waals surface area contributed by atoms with Crippen molar-refractivity contribution in [2.75, 3.05) is 19.7 Å². The Kier molecular flexibility index (Phi) is 7.25. The molecule has 2 atom stereocenters. The van der Waals surface area contributed by atoms with E-state index in [1.54, 1.807) is 25.1 Å². The monoisotopic (exact) mass is 607 g/mol. The highest BCUT2D eigenvalue weighted by molar-refractivity contribution is 6.30. The highest BCUT2D eigenvalue weighted by Gasteiger charge is 2.43. The number of fused-ring (bicyclic) bond motifs is 2. The van der Waals surface area contributed by atoms with Gasteiger partial charge in [-0.3, -0.25) is 4.90 Å². The third-order valence-corrected chi connectivity index (χ3v) is 9.08. The fourth-order valence-electron chi connectivity index (χ4n) is 6.44. The Morgan fingerprint density at radius 2 is 1.98 bits per heavy atom. The van der Waals surface area contributed by atoms with Gasteiger partial charge in [-0.25, -0.2) is 18.7 Å². The number of piperidine rings is 1. The van der Waals surface area contributed by atoms with Gasteiger partial charge in [-0.2, -0.15) is 5.90 Å². The molecule has 2 fully saturated rings. The van der Waals surface area contributed by atoms with E-state index in [4.69, 9.17) is 31.7 Å². The molecule has 0 saturated carbocycles. The number of para-hydroxylation sites is 1. The van der Waals surface area contributed by atoms with Crippen molar-refractivity contribution in [2.45, 2.75) is 57.1 Å². The number of halogens is 2. The van der Waals surface area contributed by atoms with Crippen molar-refractivity contribution in [3.63, 3.8) is 0 Å². The highest BCUT2D eigenvalue weighted by atomic mass is 35.5. The zero-order valence-corrected chi connectivity index (χ0v) is 24.5. The van der Waals surface area contributed by atoms with E-state index in [-0.39, 0.29) is 12.0 Å². The molecule has 0 radical (unpaired) electrons. The van der Waals surface area contributed by atoms with Crippen LogP contribution in [0, 0.1) is 5.82 Å². The maximum Gasteiger partial charge on any atom is 0.356 e. The van der Waals surface area contributed by atoms with Crippen molar-refractivity contribution < 1.29 is 32.8 Å². The van der Waals surface area contributed by atoms with Gasteiger partial charge in [0.2, 0.25) is 0 Å². The Balaban J connectivity index is 1.08. The summed E-state index contributed by atoms with van der Waals surface area (Å²) in [6, 6.07) is 15.9. The average Bonchev–Trinajstić information content (AvgIpc) is 3.51. The molecule has 0 unspecified atom stereocenters. The Morgan fingerprint density at radius 1 is 1.16 bits per heavy atom. The second-order valence-electron chi connectivity index (χ2n) is 11.6. The van der Waals surface area contributed by atoms with E-state index in [0.717, 1.165) is 67.9 Å². The Bertz CT molecular complexity index is 1700. The molecule has 11 heteroatoms. The number of rotatable bonds is 7. The first-order valence-corrected chi connectivity index (χ1v) is 14.9. The molecule has 3 N–H and O–H groups in total. The first-order chi connectivity index (χ1) is 20.8. The van der Waals surface area contributed by atoms with Gasteiger partial charge in [0, 0.05) is 36.6 Å². The first kappa shape index (κ1) is 28.1. The minimum absolute atomic E-state index is 0.146. The molecular weight excluding hydrogens is 575 g/mol. The lowest BCUT2D eigenvalue weighted by Crippen LogP contribution is -2.48. The zero-order chi connectivity index (χ0) is 29.7. The molecule has 3 aliphatic rings. The van der Waals surface area contributed by atoms with Crippen molar-refractivity contribution in [2.24, 2.45) is 5.90 Å². The zero-order valence-electron chi connectivity index (χ0n) is 23.8. The SMILES string of the molecule is C[C@@]1(c2ccc(Cl)cc2F)Oc2cccc(C3CCN(Cc4[nH]c5ccc(C(=O)ON)cc5[n+]4C[C@@H]4CCO4)CC3)c2O1. The molecule has 3 aliphatic heterocycles. The summed E-state index contributed by atoms with van der Waals surface area (Å²) in [4.78, 5) is 22.6. The molecule has 2 saturated heterocycles. The number of H-pyrrole nitrogens is 1. The number of nitrogens with two attached hydrogens (primary N) is 1. The van der Waals surface area contributed by atoms with Gasteiger partial charge in [0.25, 0.3) is 11.6 Å². The molecule has 1 aromatic heterocycles. The summed E-state index contributed by atoms with van der Waals surface area (Å²) in [6.45, 7) is 5.71. The number of carbonyl (C=O) groups is 1. The third-order valence-electron chi connectivity index (χ3n) is 8.85. The van der Waals surface area contributed by atoms with Gasteiger partial charge in [0.1, 0.15) is 18.9 Å². The number of nitrogens with zero attached hydrogens (tertiary/aromatic N) is 2. The molecule has 7 rings (SSSR count). The van der Waals surface area contributed by atoms with Crippen LogP contribution in [-0.4, -0.2) is 41.7 Å². The summed E-state index contributed by atoms with van der Waals surface area (Å²) in [5.41, 5.74) is 3.65. The topological polar surface area (TPSA) is 103 Å². The summed E-state index contributed by atoms with van der Waals surface area (Å²) in [6.07, 6.45) is 3.02. The number of likely N-dealkylation sites (tertiary alicyclic amines) is 1. The maximum absolute atomic E-state index is 14.8. The summed E-state index contributed by atoms with van der Waals surface area (Å²) < 4.78 is 35.3. The minimum atomic E-state index is -1.28. The number of nitrogens with one attached hydrogen (secondary N) is 1. The van der Waals surface area contributed by atoms with E-state index in [2.05, 4.69) is 25.4 Å². The quantitative estimate of drug-likeness (QED) is 0.223. The normalized spacial score (nSPS) is 22.1. The van der Waals surface area contributed by atoms with Crippen LogP contribution in [0.1, 0.15) is 59.4 Å². The number of hydrogen-bond acceptors (Lipinski definition) is 7. The number of imidazole rings is 1. The van der Waals surface area contributed by atoms with Crippen LogP contribution in [0.2, 0.25) is 5.02 Å². The first-order valence-electron chi connectivity index (χ1n) is 14.6. The summed E-state index contributed by atoms with van der Waals surface area (Å²) in [5.74, 6) is 5.45. The van der Waals surface area contributed by atoms with Gasteiger partial charge >= 0.3 is 5.97 Å². The predicted octanol–water partition coefficient (Wildman–Crippen LogP) is 5.09. The van der Waals surface area contributed by atoms with Crippen LogP contribution in [0.5, 0.6) is 11.5 Å². The summed E-state index contributed by atoms with van der Waals surface area (Å²) in [5, 5.41) is 0.322. The smallest absolute Gasteiger partial charge is 0.356 e. The van der Waals surface area contributed by atoms with E-state index in [0.29, 0.717) is 34.2 Å². The molecule has 0 aliphatic carbocycles. The number of aromatic nitrogens is 2. The highest BCUT2D eigenvalue weighted by Crippen LogP contribution is 2.49. The van der Waals surface area contributed by atoms with Gasteiger partial charge in [-0.05, 0) is 68.2 Å². The standard InChI is InChI=1S/C32H32ClFN4O5/c1-32(24-7-6-21(33)16-25(24)34)41-28-4-2-3-23(30(28)42-32)19-9-12-37(13-10-19)18-29-36-26-8-5-20(31(39)43-35)15-27(26)38(29)17-22-11-14-40-22/h2-8,15-16,19,22H,9-14,17-18,35H2,1H3/p+1/t22-,32+/m0/s1. The van der Waals surface area contributed by atoms with Gasteiger partial charge in [0.15, 0.2) is 22.5 Å². The number of carbonyl (C=O) groups excluding carboxylic acids is 1. The Hall–Kier alpha value is -3.70. The summed E-state index contributed by atoms with van der Waals surface area (Å²) in [7, 11) is 0. The maximum atomic E-state index is 14.8. The lowest BCUT2D eigenvalue weighted by Gasteiger charge is -2.32. The number of hydrogen-bond donors (Lipinski definition) is 2. The third kappa shape index (κ3) is 5.22. The molecule has 4 aromatic rings. The second-order valence-corrected chi connectivity index (χ2v) is 12.0. The van der Waals surface area contributed by atoms with E-state index in [1.807, 2.05) is 24.3 Å². The van der Waals surface area contributed by atoms with E-state index < -0.39 is 17.6 Å². The number of aromatic amines is 1. The van der Waals surface area contributed by atoms with Crippen molar-refractivity contribution >= 4 is 28.6 Å². The fraction of sp³-hybridized carbons (Fsp3) is 0.375. The Morgan fingerprint density at radius 3 is 2.70 bits per heavy atom. The molecule has 224 valence electrons. The van der Waals surface area contributed by atoms with Crippen LogP contribution in [0.3, 0.4) is 0 Å². The van der Waals surface area contributed by atoms with E-state index in [1.165, 1.54) is 6.07 Å². The van der Waals surface area contributed by atoms with Crippen LogP contribution in [0.25, 0.3) is 11.0 Å². The van der Waals surface area contributed by atoms with Crippen molar-refractivity contribution in [1.29, 1.82) is 0 Å². The average molecular weight is 608 g/mol. The predicted molar refractivity (Wildman–Crippen MR) is 156 cm³/mol. The van der Waals surface area contributed by atoms with Gasteiger partial charge in [-0.1, -0.05) is 23.7 Å². The van der Waals surface area contributed by atoms with Crippen LogP contribution in [0.4, 0.5) is 4.39 Å². The Labute approximate surface area is 253 Å². The molecule has 0 amide bonds. The van der Waals surface area contributed by atoms with Crippen LogP contribution in [-0.2, 0) is 28.5 Å². The van der Waals surface area contributed by atoms with Crippen molar-refractivity contribution in [1.82, 2.24) is 9.88 Å². The van der Waals surface area contributed by atoms with Crippen LogP contribution >= 0.6 is 11.6 Å². The second kappa shape index (κ2) is 11.1.